The van der Waals surface area contributed by atoms with Crippen LogP contribution in [0, 0.1) is 11.6 Å². The number of hydrogen-bond donors (Lipinski definition) is 2. The number of carbonyl (C=O) groups is 6. The summed E-state index contributed by atoms with van der Waals surface area (Å²) in [5.74, 6) is -2.85. The quantitative estimate of drug-likeness (QED) is 0.0385. The third-order valence-electron chi connectivity index (χ3n) is 21.6. The Morgan fingerprint density at radius 1 is 0.470 bits per heavy atom. The predicted octanol–water partition coefficient (Wildman–Crippen LogP) is 18.7. The maximum atomic E-state index is 16.2. The number of carboxylic acids is 1. The molecule has 2 fully saturated rings. The number of ether oxygens (including phenoxy) is 4. The van der Waals surface area contributed by atoms with Crippen LogP contribution in [0.3, 0.4) is 0 Å². The van der Waals surface area contributed by atoms with Crippen LogP contribution < -0.4 is 34.1 Å². The van der Waals surface area contributed by atoms with Gasteiger partial charge in [-0.05, 0) is 167 Å². The van der Waals surface area contributed by atoms with E-state index in [0.717, 1.165) is 66.1 Å². The SMILES string of the molecule is CC1(C)Oc2cc(F)c(C(=O)O)cc2N(CCN(Cc2ccccc2)Cc2ccccc2)C1=O.CCN(C(=O)c1cc2c(cc1F)OC(C)(C)C(=O)N2CCN(Cc1ccccc1)Cc1ccccc1)[C@H]1CCCC[C@@H]1c1cccc(OC(=O)c2ccccc2)c1.CCN[C@H]1CCCC[C@@H]1c1cccc(OC(=O)c2ccccc2)c1. The Morgan fingerprint density at radius 3 is 1.25 bits per heavy atom. The summed E-state index contributed by atoms with van der Waals surface area (Å²) in [5, 5.41) is 13.0. The molecule has 2 aliphatic heterocycles. The van der Waals surface area contributed by atoms with E-state index in [1.54, 1.807) is 80.0 Å². The van der Waals surface area contributed by atoms with Crippen LogP contribution in [0.2, 0.25) is 0 Å². The molecule has 596 valence electrons. The van der Waals surface area contributed by atoms with Crippen LogP contribution in [0.15, 0.2) is 255 Å². The second-order valence-corrected chi connectivity index (χ2v) is 30.7. The summed E-state index contributed by atoms with van der Waals surface area (Å²) in [5.41, 5.74) is 5.46. The van der Waals surface area contributed by atoms with Crippen molar-refractivity contribution < 1.29 is 61.6 Å². The first-order chi connectivity index (χ1) is 55.6. The van der Waals surface area contributed by atoms with Crippen LogP contribution in [-0.4, -0.2) is 118 Å². The molecule has 0 aromatic heterocycles. The Hall–Kier alpha value is -11.6. The number of halogens is 2. The van der Waals surface area contributed by atoms with Gasteiger partial charge in [0, 0.05) is 89.0 Å². The highest BCUT2D eigenvalue weighted by Crippen LogP contribution is 2.44. The number of anilines is 2. The van der Waals surface area contributed by atoms with Gasteiger partial charge >= 0.3 is 17.9 Å². The zero-order valence-corrected chi connectivity index (χ0v) is 66.3. The lowest BCUT2D eigenvalue weighted by atomic mass is 9.79. The Labute approximate surface area is 673 Å². The van der Waals surface area contributed by atoms with Crippen LogP contribution in [0.1, 0.15) is 180 Å². The highest BCUT2D eigenvalue weighted by atomic mass is 19.1. The van der Waals surface area contributed by atoms with Gasteiger partial charge in [-0.2, -0.15) is 0 Å². The smallest absolute Gasteiger partial charge is 0.343 e. The van der Waals surface area contributed by atoms with Crippen molar-refractivity contribution in [3.63, 3.8) is 0 Å². The zero-order valence-electron chi connectivity index (χ0n) is 66.3. The molecule has 115 heavy (non-hydrogen) atoms. The molecule has 2 saturated carbocycles. The lowest BCUT2D eigenvalue weighted by molar-refractivity contribution is -0.133. The molecule has 10 aromatic rings. The summed E-state index contributed by atoms with van der Waals surface area (Å²) in [6.07, 6.45) is 8.42. The van der Waals surface area contributed by atoms with Gasteiger partial charge in [-0.3, -0.25) is 24.2 Å². The number of hydrogen-bond acceptors (Lipinski definition) is 13. The maximum Gasteiger partial charge on any atom is 0.343 e. The van der Waals surface area contributed by atoms with Gasteiger partial charge in [-0.15, -0.1) is 0 Å². The Balaban J connectivity index is 0.000000177. The van der Waals surface area contributed by atoms with Crippen molar-refractivity contribution in [3.05, 3.63) is 322 Å². The normalized spacial score (nSPS) is 17.2. The van der Waals surface area contributed by atoms with Gasteiger partial charge < -0.3 is 44.1 Å². The minimum atomic E-state index is -1.40. The first kappa shape index (κ1) is 82.8. The summed E-state index contributed by atoms with van der Waals surface area (Å²) in [7, 11) is 0. The lowest BCUT2D eigenvalue weighted by Gasteiger charge is -2.41. The van der Waals surface area contributed by atoms with Crippen LogP contribution in [0.5, 0.6) is 23.0 Å². The molecular weight excluding hydrogens is 1450 g/mol. The molecule has 19 heteroatoms. The van der Waals surface area contributed by atoms with Gasteiger partial charge in [-0.1, -0.05) is 215 Å². The lowest BCUT2D eigenvalue weighted by Crippen LogP contribution is -2.54. The van der Waals surface area contributed by atoms with Gasteiger partial charge in [0.25, 0.3) is 17.7 Å². The molecule has 0 saturated heterocycles. The Morgan fingerprint density at radius 2 is 0.843 bits per heavy atom. The van der Waals surface area contributed by atoms with Crippen molar-refractivity contribution in [2.75, 3.05) is 49.1 Å². The number of fused-ring (bicyclic) bond motifs is 2. The number of nitrogens with zero attached hydrogens (tertiary/aromatic N) is 5. The van der Waals surface area contributed by atoms with Gasteiger partial charge in [0.05, 0.1) is 33.6 Å². The molecule has 4 atom stereocenters. The first-order valence-corrected chi connectivity index (χ1v) is 39.9. The van der Waals surface area contributed by atoms with E-state index in [4.69, 9.17) is 18.9 Å². The second kappa shape index (κ2) is 38.9. The van der Waals surface area contributed by atoms with Crippen LogP contribution in [0.25, 0.3) is 0 Å². The highest BCUT2D eigenvalue weighted by molar-refractivity contribution is 6.05. The van der Waals surface area contributed by atoms with E-state index in [0.29, 0.717) is 99.2 Å². The average Bonchev–Trinajstić information content (AvgIpc) is 0.749. The predicted molar refractivity (Wildman–Crippen MR) is 444 cm³/mol. The van der Waals surface area contributed by atoms with Crippen molar-refractivity contribution >= 4 is 47.0 Å². The maximum absolute atomic E-state index is 16.2. The van der Waals surface area contributed by atoms with E-state index < -0.39 is 46.2 Å². The molecule has 14 rings (SSSR count). The largest absolute Gasteiger partial charge is 0.478 e. The Kier molecular flexibility index (Phi) is 28.0. The number of esters is 2. The van der Waals surface area contributed by atoms with Gasteiger partial charge in [-0.25, -0.2) is 23.2 Å². The van der Waals surface area contributed by atoms with E-state index >= 15 is 4.39 Å². The molecule has 2 N–H and O–H groups in total. The highest BCUT2D eigenvalue weighted by Gasteiger charge is 2.45. The van der Waals surface area contributed by atoms with Crippen LogP contribution in [-0.2, 0) is 35.8 Å². The van der Waals surface area contributed by atoms with Crippen molar-refractivity contribution in [1.82, 2.24) is 20.0 Å². The van der Waals surface area contributed by atoms with Crippen molar-refractivity contribution in [2.24, 2.45) is 0 Å². The minimum absolute atomic E-state index is 0.0545. The van der Waals surface area contributed by atoms with Crippen LogP contribution in [0.4, 0.5) is 20.2 Å². The number of nitrogens with one attached hydrogen (secondary N) is 1. The third kappa shape index (κ3) is 21.4. The fraction of sp³-hybridized carbons (Fsp3) is 0.312. The first-order valence-electron chi connectivity index (χ1n) is 39.9. The van der Waals surface area contributed by atoms with Gasteiger partial charge in [0.15, 0.2) is 11.2 Å². The zero-order chi connectivity index (χ0) is 81.0. The fourth-order valence-electron chi connectivity index (χ4n) is 15.9. The van der Waals surface area contributed by atoms with Crippen molar-refractivity contribution in [1.29, 1.82) is 0 Å². The molecule has 17 nitrogen and oxygen atoms in total. The second-order valence-electron chi connectivity index (χ2n) is 30.7. The number of carboxylic acid groups (broad SMARTS) is 1. The van der Waals surface area contributed by atoms with Crippen LogP contribution >= 0.6 is 0 Å². The van der Waals surface area contributed by atoms with E-state index in [-0.39, 0.29) is 52.5 Å². The average molecular weight is 1550 g/mol. The molecule has 2 heterocycles. The van der Waals surface area contributed by atoms with Gasteiger partial charge in [0.2, 0.25) is 0 Å². The minimum Gasteiger partial charge on any atom is -0.478 e. The molecule has 10 aromatic carbocycles. The summed E-state index contributed by atoms with van der Waals surface area (Å²) >= 11 is 0. The van der Waals surface area contributed by atoms with Crippen molar-refractivity contribution in [2.45, 2.75) is 154 Å². The topological polar surface area (TPSA) is 188 Å². The standard InChI is InChI=1S/C48H50FN3O5.C27H27FN2O4.C21H25NO2/c1-4-51(42-26-15-14-25-39(42)37-23-16-24-38(29-37)56-46(54)36-21-12-7-13-22-36)45(53)40-30-43-44(31-41(40)49)57-48(2,3)47(55)52(43)28-27-50(32-34-17-8-5-9-18-34)33-35-19-10-6-11-20-35;1-27(2)26(33)30(23-15-21(25(31)32)22(28)16-24(23)34-27)14-13-29(17-19-9-5-3-6-10-19)18-20-11-7-4-8-12-20;1-2-22-20-14-7-6-13-19(20)17-11-8-12-18(15-17)24-21(23)16-9-4-3-5-10-16/h5-13,16-24,29-31,39,42H,4,14-15,25-28,32-33H2,1-3H3;3-12,15-16H,13-14,17-18H2,1-2H3,(H,31,32);3-5,8-12,15,19-20,22H,2,6-7,13-14H2,1H3/t39-,42+;;19-,20+/m1.1/s1. The molecule has 4 aliphatic rings. The number of amides is 3. The molecular formula is C96H102F2N6O11. The summed E-state index contributed by atoms with van der Waals surface area (Å²) in [4.78, 5) is 87.9. The number of carbonyl (C=O) groups excluding carboxylic acids is 5. The third-order valence-corrected chi connectivity index (χ3v) is 21.6. The summed E-state index contributed by atoms with van der Waals surface area (Å²) in [6.45, 7) is 16.4. The van der Waals surface area contributed by atoms with E-state index in [1.165, 1.54) is 54.3 Å². The Bertz CT molecular complexity index is 4860. The molecule has 0 bridgehead atoms. The molecule has 3 amide bonds. The monoisotopic (exact) mass is 1550 g/mol. The molecule has 2 aliphatic carbocycles. The number of aromatic carboxylic acids is 1. The number of benzene rings is 10. The van der Waals surface area contributed by atoms with Gasteiger partial charge in [0.1, 0.15) is 34.6 Å². The van der Waals surface area contributed by atoms with E-state index in [1.807, 2.05) is 140 Å². The fourth-order valence-corrected chi connectivity index (χ4v) is 15.9. The number of likely N-dealkylation sites (N-methyl/N-ethyl adjacent to an activating group) is 2. The van der Waals surface area contributed by atoms with E-state index in [2.05, 4.69) is 76.6 Å². The molecule has 0 spiro atoms. The molecule has 0 unspecified atom stereocenters. The number of rotatable bonds is 26. The van der Waals surface area contributed by atoms with Crippen molar-refractivity contribution in [3.8, 4) is 23.0 Å². The molecule has 0 radical (unpaired) electrons. The summed E-state index contributed by atoms with van der Waals surface area (Å²) in [6, 6.07) is 79.3. The summed E-state index contributed by atoms with van der Waals surface area (Å²) < 4.78 is 53.7. The van der Waals surface area contributed by atoms with E-state index in [9.17, 15) is 38.3 Å².